The summed E-state index contributed by atoms with van der Waals surface area (Å²) in [5.74, 6) is 0.601. The fourth-order valence-corrected chi connectivity index (χ4v) is 4.67. The van der Waals surface area contributed by atoms with Crippen LogP contribution in [-0.2, 0) is 18.6 Å². The van der Waals surface area contributed by atoms with Gasteiger partial charge in [0, 0.05) is 24.2 Å². The van der Waals surface area contributed by atoms with Gasteiger partial charge in [-0.2, -0.15) is 0 Å². The van der Waals surface area contributed by atoms with Gasteiger partial charge >= 0.3 is 0 Å². The van der Waals surface area contributed by atoms with Crippen LogP contribution in [0.4, 0.5) is 4.39 Å². The van der Waals surface area contributed by atoms with E-state index < -0.39 is 0 Å². The fourth-order valence-electron chi connectivity index (χ4n) is 4.67. The summed E-state index contributed by atoms with van der Waals surface area (Å²) in [6.45, 7) is 15.4. The van der Waals surface area contributed by atoms with E-state index in [2.05, 4.69) is 73.0 Å². The highest BCUT2D eigenvalue weighted by atomic mass is 19.1. The second-order valence-electron chi connectivity index (χ2n) is 11.0. The van der Waals surface area contributed by atoms with Gasteiger partial charge in [0.1, 0.15) is 5.82 Å². The van der Waals surface area contributed by atoms with E-state index in [-0.39, 0.29) is 28.9 Å². The van der Waals surface area contributed by atoms with Crippen LogP contribution in [0.2, 0.25) is 0 Å². The van der Waals surface area contributed by atoms with E-state index in [0.717, 1.165) is 27.9 Å². The molecule has 0 radical (unpaired) electrons. The molecular formula is C28H35FN6O. The third-order valence-electron chi connectivity index (χ3n) is 6.63. The van der Waals surface area contributed by atoms with Crippen molar-refractivity contribution >= 4 is 10.9 Å². The summed E-state index contributed by atoms with van der Waals surface area (Å²) in [4.78, 5) is 18.5. The number of H-pyrrole nitrogens is 1. The zero-order valence-corrected chi connectivity index (χ0v) is 22.1. The van der Waals surface area contributed by atoms with Crippen LogP contribution in [0.5, 0.6) is 0 Å². The number of halogens is 1. The molecule has 0 spiro atoms. The maximum atomic E-state index is 13.6. The molecule has 190 valence electrons. The number of aromatic nitrogens is 5. The summed E-state index contributed by atoms with van der Waals surface area (Å²) in [6.07, 6.45) is 0. The lowest BCUT2D eigenvalue weighted by molar-refractivity contribution is 0.119. The zero-order chi connectivity index (χ0) is 26.2. The lowest BCUT2D eigenvalue weighted by Gasteiger charge is -2.35. The van der Waals surface area contributed by atoms with Crippen LogP contribution < -0.4 is 5.56 Å². The monoisotopic (exact) mass is 490 g/mol. The number of tetrazole rings is 1. The molecule has 0 saturated carbocycles. The summed E-state index contributed by atoms with van der Waals surface area (Å²) >= 11 is 0. The van der Waals surface area contributed by atoms with Gasteiger partial charge in [-0.3, -0.25) is 9.69 Å². The summed E-state index contributed by atoms with van der Waals surface area (Å²) in [6, 6.07) is 12.4. The summed E-state index contributed by atoms with van der Waals surface area (Å²) in [5, 5.41) is 13.7. The molecule has 4 rings (SSSR count). The Morgan fingerprint density at radius 3 is 2.33 bits per heavy atom. The molecule has 8 heteroatoms. The second-order valence-corrected chi connectivity index (χ2v) is 11.0. The van der Waals surface area contributed by atoms with Crippen molar-refractivity contribution in [3.63, 3.8) is 0 Å². The molecule has 36 heavy (non-hydrogen) atoms. The van der Waals surface area contributed by atoms with Crippen LogP contribution >= 0.6 is 0 Å². The van der Waals surface area contributed by atoms with E-state index in [0.29, 0.717) is 18.7 Å². The molecule has 1 N–H and O–H groups in total. The number of nitrogens with one attached hydrogen (secondary N) is 1. The number of pyridine rings is 1. The molecule has 2 heterocycles. The quantitative estimate of drug-likeness (QED) is 0.374. The minimum atomic E-state index is -0.316. The Kier molecular flexibility index (Phi) is 7.09. The lowest BCUT2D eigenvalue weighted by atomic mass is 9.98. The zero-order valence-electron chi connectivity index (χ0n) is 22.1. The van der Waals surface area contributed by atoms with Gasteiger partial charge in [-0.05, 0) is 103 Å². The van der Waals surface area contributed by atoms with Gasteiger partial charge in [0.25, 0.3) is 5.56 Å². The molecule has 0 bridgehead atoms. The Bertz CT molecular complexity index is 1410. The second kappa shape index (κ2) is 9.93. The first-order valence-electron chi connectivity index (χ1n) is 12.3. The number of fused-ring (bicyclic) bond motifs is 1. The molecule has 7 nitrogen and oxygen atoms in total. The molecule has 0 fully saturated rings. The molecule has 0 aliphatic carbocycles. The number of hydrogen-bond donors (Lipinski definition) is 1. The first kappa shape index (κ1) is 25.7. The number of aryl methyl sites for hydroxylation is 2. The van der Waals surface area contributed by atoms with Gasteiger partial charge in [-0.25, -0.2) is 9.07 Å². The number of rotatable bonds is 7. The Labute approximate surface area is 211 Å². The molecule has 0 saturated heterocycles. The van der Waals surface area contributed by atoms with Crippen LogP contribution in [0.3, 0.4) is 0 Å². The van der Waals surface area contributed by atoms with Crippen LogP contribution in [0.1, 0.15) is 68.7 Å². The molecule has 4 aromatic rings. The van der Waals surface area contributed by atoms with Crippen molar-refractivity contribution in [1.29, 1.82) is 0 Å². The SMILES string of the molecule is Cc1cc2cc(CN(Cc3ccc(F)cc3)[C@@H](c3nnnn3C(C)(C)C)C(C)C)c(=O)[nH]c2cc1C. The highest BCUT2D eigenvalue weighted by molar-refractivity contribution is 5.80. The third kappa shape index (κ3) is 5.38. The van der Waals surface area contributed by atoms with Gasteiger partial charge in [-0.15, -0.1) is 5.10 Å². The topological polar surface area (TPSA) is 79.7 Å². The normalized spacial score (nSPS) is 13.2. The van der Waals surface area contributed by atoms with Crippen molar-refractivity contribution in [2.75, 3.05) is 0 Å². The Morgan fingerprint density at radius 1 is 1.03 bits per heavy atom. The number of aromatic amines is 1. The molecule has 0 amide bonds. The summed E-state index contributed by atoms with van der Waals surface area (Å²) in [5.41, 5.74) is 4.31. The van der Waals surface area contributed by atoms with Crippen molar-refractivity contribution < 1.29 is 4.39 Å². The third-order valence-corrected chi connectivity index (χ3v) is 6.63. The molecule has 2 aromatic heterocycles. The first-order valence-corrected chi connectivity index (χ1v) is 12.3. The van der Waals surface area contributed by atoms with E-state index in [9.17, 15) is 9.18 Å². The highest BCUT2D eigenvalue weighted by Gasteiger charge is 2.33. The van der Waals surface area contributed by atoms with Crippen molar-refractivity contribution in [2.24, 2.45) is 5.92 Å². The van der Waals surface area contributed by atoms with Gasteiger partial charge in [0.05, 0.1) is 11.6 Å². The molecule has 2 aromatic carbocycles. The average molecular weight is 491 g/mol. The van der Waals surface area contributed by atoms with Gasteiger partial charge < -0.3 is 4.98 Å². The number of benzene rings is 2. The van der Waals surface area contributed by atoms with Gasteiger partial charge in [0.15, 0.2) is 5.82 Å². The van der Waals surface area contributed by atoms with Crippen molar-refractivity contribution in [3.05, 3.63) is 86.7 Å². The Balaban J connectivity index is 1.82. The Morgan fingerprint density at radius 2 is 1.69 bits per heavy atom. The van der Waals surface area contributed by atoms with Crippen LogP contribution in [-0.4, -0.2) is 30.1 Å². The minimum Gasteiger partial charge on any atom is -0.322 e. The van der Waals surface area contributed by atoms with E-state index in [4.69, 9.17) is 0 Å². The van der Waals surface area contributed by atoms with Crippen LogP contribution in [0, 0.1) is 25.6 Å². The minimum absolute atomic E-state index is 0.118. The summed E-state index contributed by atoms with van der Waals surface area (Å²) < 4.78 is 15.5. The lowest BCUT2D eigenvalue weighted by Crippen LogP contribution is -2.37. The van der Waals surface area contributed by atoms with Crippen molar-refractivity contribution in [3.8, 4) is 0 Å². The average Bonchev–Trinajstić information content (AvgIpc) is 3.27. The van der Waals surface area contributed by atoms with E-state index in [1.807, 2.05) is 23.7 Å². The van der Waals surface area contributed by atoms with Gasteiger partial charge in [-0.1, -0.05) is 26.0 Å². The van der Waals surface area contributed by atoms with E-state index >= 15 is 0 Å². The highest BCUT2D eigenvalue weighted by Crippen LogP contribution is 2.32. The molecular weight excluding hydrogens is 455 g/mol. The van der Waals surface area contributed by atoms with Crippen LogP contribution in [0.15, 0.2) is 47.3 Å². The molecule has 0 aliphatic heterocycles. The van der Waals surface area contributed by atoms with E-state index in [1.165, 1.54) is 17.7 Å². The predicted octanol–water partition coefficient (Wildman–Crippen LogP) is 5.43. The predicted molar refractivity (Wildman–Crippen MR) is 140 cm³/mol. The molecule has 0 unspecified atom stereocenters. The standard InChI is InChI=1S/C28H35FN6O/c1-17(2)25(26-31-32-33-35(26)28(5,6)7)34(15-20-8-10-23(29)11-9-20)16-22-14-21-12-18(3)19(4)13-24(21)30-27(22)36/h8-14,17,25H,15-16H2,1-7H3,(H,30,36)/t25-/m1/s1. The summed E-state index contributed by atoms with van der Waals surface area (Å²) in [7, 11) is 0. The first-order chi connectivity index (χ1) is 16.9. The number of nitrogens with zero attached hydrogens (tertiary/aromatic N) is 5. The van der Waals surface area contributed by atoms with Crippen molar-refractivity contribution in [2.45, 2.75) is 73.1 Å². The largest absolute Gasteiger partial charge is 0.322 e. The molecule has 0 aliphatic rings. The number of hydrogen-bond acceptors (Lipinski definition) is 5. The maximum absolute atomic E-state index is 13.6. The molecule has 1 atom stereocenters. The fraction of sp³-hybridized carbons (Fsp3) is 0.429. The van der Waals surface area contributed by atoms with E-state index in [1.54, 1.807) is 12.1 Å². The maximum Gasteiger partial charge on any atom is 0.252 e. The van der Waals surface area contributed by atoms with Gasteiger partial charge in [0.2, 0.25) is 0 Å². The Hall–Kier alpha value is -3.39. The van der Waals surface area contributed by atoms with Crippen LogP contribution in [0.25, 0.3) is 10.9 Å². The van der Waals surface area contributed by atoms with Crippen molar-refractivity contribution in [1.82, 2.24) is 30.1 Å². The smallest absolute Gasteiger partial charge is 0.252 e.